The third kappa shape index (κ3) is 2.63. The molecule has 112 valence electrons. The number of hydrogen-bond donors (Lipinski definition) is 3. The van der Waals surface area contributed by atoms with Gasteiger partial charge in [0.1, 0.15) is 5.82 Å². The van der Waals surface area contributed by atoms with Gasteiger partial charge in [-0.25, -0.2) is 9.18 Å². The van der Waals surface area contributed by atoms with Crippen LogP contribution in [-0.2, 0) is 6.54 Å². The van der Waals surface area contributed by atoms with E-state index in [1.807, 2.05) is 22.6 Å². The zero-order valence-corrected chi connectivity index (χ0v) is 13.3. The van der Waals surface area contributed by atoms with E-state index in [1.165, 1.54) is 24.3 Å². The third-order valence-electron chi connectivity index (χ3n) is 3.36. The molecule has 7 heteroatoms. The SMILES string of the molecule is O=C1NCc2cc(C(=O)O)c(Nc3ccc(I)cc3F)cc21. The number of carbonyl (C=O) groups is 2. The molecule has 2 aromatic rings. The van der Waals surface area contributed by atoms with E-state index in [2.05, 4.69) is 10.6 Å². The minimum absolute atomic E-state index is 0.00630. The van der Waals surface area contributed by atoms with E-state index in [9.17, 15) is 19.1 Å². The van der Waals surface area contributed by atoms with E-state index < -0.39 is 11.8 Å². The monoisotopic (exact) mass is 412 g/mol. The highest BCUT2D eigenvalue weighted by Crippen LogP contribution is 2.29. The summed E-state index contributed by atoms with van der Waals surface area (Å²) in [6, 6.07) is 7.44. The summed E-state index contributed by atoms with van der Waals surface area (Å²) in [5.74, 6) is -1.90. The average Bonchev–Trinajstić information content (AvgIpc) is 2.82. The van der Waals surface area contributed by atoms with Gasteiger partial charge in [0.05, 0.1) is 16.9 Å². The average molecular weight is 412 g/mol. The molecule has 0 spiro atoms. The van der Waals surface area contributed by atoms with Crippen LogP contribution in [0.5, 0.6) is 0 Å². The number of aromatic carboxylic acids is 1. The largest absolute Gasteiger partial charge is 0.478 e. The lowest BCUT2D eigenvalue weighted by atomic mass is 10.0. The Morgan fingerprint density at radius 2 is 2.05 bits per heavy atom. The molecular formula is C15H10FIN2O3. The minimum atomic E-state index is -1.14. The van der Waals surface area contributed by atoms with Gasteiger partial charge >= 0.3 is 5.97 Å². The first-order valence-electron chi connectivity index (χ1n) is 6.36. The zero-order chi connectivity index (χ0) is 15.9. The van der Waals surface area contributed by atoms with Gasteiger partial charge in [0.2, 0.25) is 0 Å². The van der Waals surface area contributed by atoms with E-state index in [-0.39, 0.29) is 22.8 Å². The Morgan fingerprint density at radius 1 is 1.27 bits per heavy atom. The highest BCUT2D eigenvalue weighted by molar-refractivity contribution is 14.1. The Kier molecular flexibility index (Phi) is 3.73. The van der Waals surface area contributed by atoms with Crippen LogP contribution in [0.2, 0.25) is 0 Å². The molecule has 0 saturated heterocycles. The molecule has 0 unspecified atom stereocenters. The summed E-state index contributed by atoms with van der Waals surface area (Å²) in [7, 11) is 0. The normalized spacial score (nSPS) is 12.7. The quantitative estimate of drug-likeness (QED) is 0.678. The van der Waals surface area contributed by atoms with E-state index in [1.54, 1.807) is 6.07 Å². The van der Waals surface area contributed by atoms with Gasteiger partial charge in [-0.05, 0) is 58.5 Å². The highest BCUT2D eigenvalue weighted by Gasteiger charge is 2.23. The predicted molar refractivity (Wildman–Crippen MR) is 87.0 cm³/mol. The number of carboxylic acids is 1. The summed E-state index contributed by atoms with van der Waals surface area (Å²) >= 11 is 1.98. The lowest BCUT2D eigenvalue weighted by molar-refractivity contribution is 0.0697. The Labute approximate surface area is 138 Å². The number of carbonyl (C=O) groups excluding carboxylic acids is 1. The standard InChI is InChI=1S/C15H10FIN2O3/c16-11-4-8(17)1-2-12(11)19-13-5-9-7(6-18-14(9)20)3-10(13)15(21)22/h1-5,19H,6H2,(H,18,20)(H,21,22). The minimum Gasteiger partial charge on any atom is -0.478 e. The topological polar surface area (TPSA) is 78.4 Å². The summed E-state index contributed by atoms with van der Waals surface area (Å²) in [5, 5.41) is 14.7. The first kappa shape index (κ1) is 14.8. The number of halogens is 2. The van der Waals surface area contributed by atoms with E-state index in [0.29, 0.717) is 17.7 Å². The predicted octanol–water partition coefficient (Wildman–Crippen LogP) is 3.12. The van der Waals surface area contributed by atoms with Gasteiger partial charge in [-0.1, -0.05) is 0 Å². The van der Waals surface area contributed by atoms with Gasteiger partial charge < -0.3 is 15.7 Å². The summed E-state index contributed by atoms with van der Waals surface area (Å²) < 4.78 is 14.7. The van der Waals surface area contributed by atoms with Gasteiger partial charge in [0, 0.05) is 15.7 Å². The Bertz CT molecular complexity index is 808. The Morgan fingerprint density at radius 3 is 2.73 bits per heavy atom. The number of benzene rings is 2. The number of fused-ring (bicyclic) bond motifs is 1. The fourth-order valence-electron chi connectivity index (χ4n) is 2.29. The second-order valence-electron chi connectivity index (χ2n) is 4.79. The van der Waals surface area contributed by atoms with Gasteiger partial charge in [0.25, 0.3) is 5.91 Å². The molecule has 3 N–H and O–H groups in total. The van der Waals surface area contributed by atoms with Gasteiger partial charge in [0.15, 0.2) is 0 Å². The molecule has 1 amide bonds. The molecule has 0 fully saturated rings. The molecule has 1 aliphatic rings. The van der Waals surface area contributed by atoms with Crippen molar-refractivity contribution < 1.29 is 19.1 Å². The first-order valence-corrected chi connectivity index (χ1v) is 7.44. The van der Waals surface area contributed by atoms with Crippen LogP contribution in [0, 0.1) is 9.39 Å². The molecule has 0 atom stereocenters. The van der Waals surface area contributed by atoms with Crippen LogP contribution in [0.3, 0.4) is 0 Å². The van der Waals surface area contributed by atoms with Crippen molar-refractivity contribution in [2.45, 2.75) is 6.54 Å². The van der Waals surface area contributed by atoms with Gasteiger partial charge in [-0.2, -0.15) is 0 Å². The van der Waals surface area contributed by atoms with Crippen molar-refractivity contribution in [1.82, 2.24) is 5.32 Å². The van der Waals surface area contributed by atoms with Crippen LogP contribution >= 0.6 is 22.6 Å². The van der Waals surface area contributed by atoms with E-state index in [4.69, 9.17) is 0 Å². The second-order valence-corrected chi connectivity index (χ2v) is 6.04. The van der Waals surface area contributed by atoms with E-state index >= 15 is 0 Å². The molecule has 0 saturated carbocycles. The van der Waals surface area contributed by atoms with Crippen LogP contribution in [-0.4, -0.2) is 17.0 Å². The number of rotatable bonds is 3. The van der Waals surface area contributed by atoms with Crippen LogP contribution in [0.4, 0.5) is 15.8 Å². The van der Waals surface area contributed by atoms with Crippen molar-refractivity contribution in [1.29, 1.82) is 0 Å². The van der Waals surface area contributed by atoms with Crippen molar-refractivity contribution in [3.8, 4) is 0 Å². The molecule has 0 aliphatic carbocycles. The summed E-state index contributed by atoms with van der Waals surface area (Å²) in [6.07, 6.45) is 0. The smallest absolute Gasteiger partial charge is 0.337 e. The molecule has 0 aromatic heterocycles. The maximum absolute atomic E-state index is 13.9. The van der Waals surface area contributed by atoms with Gasteiger partial charge in [-0.15, -0.1) is 0 Å². The molecule has 3 rings (SSSR count). The lowest BCUT2D eigenvalue weighted by Gasteiger charge is -2.12. The van der Waals surface area contributed by atoms with Crippen molar-refractivity contribution in [2.75, 3.05) is 5.32 Å². The second kappa shape index (κ2) is 5.56. The molecule has 1 heterocycles. The van der Waals surface area contributed by atoms with E-state index in [0.717, 1.165) is 3.57 Å². The van der Waals surface area contributed by atoms with Crippen LogP contribution in [0.1, 0.15) is 26.3 Å². The molecule has 1 aliphatic heterocycles. The number of carboxylic acid groups (broad SMARTS) is 1. The fourth-order valence-corrected chi connectivity index (χ4v) is 2.74. The van der Waals surface area contributed by atoms with Gasteiger partial charge in [-0.3, -0.25) is 4.79 Å². The fraction of sp³-hybridized carbons (Fsp3) is 0.0667. The Hall–Kier alpha value is -2.16. The summed E-state index contributed by atoms with van der Waals surface area (Å²) in [6.45, 7) is 0.298. The summed E-state index contributed by atoms with van der Waals surface area (Å²) in [4.78, 5) is 23.1. The molecule has 5 nitrogen and oxygen atoms in total. The summed E-state index contributed by atoms with van der Waals surface area (Å²) in [5.41, 5.74) is 1.35. The highest BCUT2D eigenvalue weighted by atomic mass is 127. The number of anilines is 2. The zero-order valence-electron chi connectivity index (χ0n) is 11.1. The molecular weight excluding hydrogens is 402 g/mol. The lowest BCUT2D eigenvalue weighted by Crippen LogP contribution is -2.12. The van der Waals surface area contributed by atoms with Crippen molar-refractivity contribution in [3.63, 3.8) is 0 Å². The number of amides is 1. The number of nitrogens with one attached hydrogen (secondary N) is 2. The Balaban J connectivity index is 2.07. The molecule has 22 heavy (non-hydrogen) atoms. The third-order valence-corrected chi connectivity index (χ3v) is 4.03. The molecule has 2 aromatic carbocycles. The maximum Gasteiger partial charge on any atom is 0.337 e. The number of hydrogen-bond acceptors (Lipinski definition) is 3. The maximum atomic E-state index is 13.9. The van der Waals surface area contributed by atoms with Crippen LogP contribution in [0.15, 0.2) is 30.3 Å². The van der Waals surface area contributed by atoms with Crippen molar-refractivity contribution >= 4 is 45.8 Å². The van der Waals surface area contributed by atoms with Crippen molar-refractivity contribution in [3.05, 3.63) is 56.4 Å². The molecule has 0 bridgehead atoms. The van der Waals surface area contributed by atoms with Crippen LogP contribution < -0.4 is 10.6 Å². The first-order chi connectivity index (χ1) is 10.5. The molecule has 0 radical (unpaired) electrons. The van der Waals surface area contributed by atoms with Crippen molar-refractivity contribution in [2.24, 2.45) is 0 Å². The van der Waals surface area contributed by atoms with Crippen LogP contribution in [0.25, 0.3) is 0 Å².